The Kier molecular flexibility index (Phi) is 4.70. The minimum atomic E-state index is -0.481. The van der Waals surface area contributed by atoms with E-state index in [1.165, 1.54) is 6.07 Å². The third-order valence-corrected chi connectivity index (χ3v) is 3.63. The molecule has 0 fully saturated rings. The van der Waals surface area contributed by atoms with E-state index in [1.807, 2.05) is 25.1 Å². The summed E-state index contributed by atoms with van der Waals surface area (Å²) in [5.41, 5.74) is 2.01. The van der Waals surface area contributed by atoms with Gasteiger partial charge in [-0.1, -0.05) is 24.3 Å². The van der Waals surface area contributed by atoms with E-state index >= 15 is 0 Å². The highest BCUT2D eigenvalue weighted by Gasteiger charge is 2.16. The number of aryl methyl sites for hydroxylation is 1. The number of amides is 1. The number of hydrogen-bond acceptors (Lipinski definition) is 3. The number of benzene rings is 2. The number of nitro benzene ring substituents is 1. The number of carbonyl (C=O) groups excluding carboxylic acids is 1. The van der Waals surface area contributed by atoms with Gasteiger partial charge < -0.3 is 5.32 Å². The topological polar surface area (TPSA) is 72.2 Å². The van der Waals surface area contributed by atoms with Crippen molar-refractivity contribution in [1.29, 1.82) is 0 Å². The van der Waals surface area contributed by atoms with Crippen molar-refractivity contribution in [3.05, 3.63) is 68.2 Å². The molecule has 1 amide bonds. The van der Waals surface area contributed by atoms with Crippen molar-refractivity contribution in [3.63, 3.8) is 0 Å². The number of halogens is 1. The fourth-order valence-electron chi connectivity index (χ4n) is 1.94. The Morgan fingerprint density at radius 3 is 2.71 bits per heavy atom. The van der Waals surface area contributed by atoms with Gasteiger partial charge in [-0.05, 0) is 40.5 Å². The maximum atomic E-state index is 12.1. The fourth-order valence-corrected chi connectivity index (χ4v) is 2.29. The van der Waals surface area contributed by atoms with Gasteiger partial charge in [-0.3, -0.25) is 14.9 Å². The minimum Gasteiger partial charge on any atom is -0.325 e. The SMILES string of the molecule is Cc1ccc(Br)c(NC(=O)Cc2ccccc2[N+](=O)[O-])c1. The Morgan fingerprint density at radius 2 is 2.00 bits per heavy atom. The van der Waals surface area contributed by atoms with Crippen molar-refractivity contribution in [2.45, 2.75) is 13.3 Å². The van der Waals surface area contributed by atoms with E-state index in [1.54, 1.807) is 18.2 Å². The Balaban J connectivity index is 2.16. The molecule has 0 aliphatic rings. The summed E-state index contributed by atoms with van der Waals surface area (Å²) < 4.78 is 0.768. The second kappa shape index (κ2) is 6.49. The van der Waals surface area contributed by atoms with Crippen LogP contribution < -0.4 is 5.32 Å². The quantitative estimate of drug-likeness (QED) is 0.673. The van der Waals surface area contributed by atoms with Gasteiger partial charge in [-0.15, -0.1) is 0 Å². The van der Waals surface area contributed by atoms with Crippen LogP contribution in [0.1, 0.15) is 11.1 Å². The fraction of sp³-hybridized carbons (Fsp3) is 0.133. The van der Waals surface area contributed by atoms with Crippen molar-refractivity contribution >= 4 is 33.2 Å². The van der Waals surface area contributed by atoms with E-state index in [0.717, 1.165) is 10.0 Å². The van der Waals surface area contributed by atoms with Gasteiger partial charge in [0.2, 0.25) is 5.91 Å². The molecule has 2 rings (SSSR count). The maximum Gasteiger partial charge on any atom is 0.273 e. The largest absolute Gasteiger partial charge is 0.325 e. The van der Waals surface area contributed by atoms with Gasteiger partial charge in [0, 0.05) is 16.1 Å². The van der Waals surface area contributed by atoms with Crippen molar-refractivity contribution in [3.8, 4) is 0 Å². The van der Waals surface area contributed by atoms with Crippen molar-refractivity contribution in [2.75, 3.05) is 5.32 Å². The molecule has 0 heterocycles. The first-order valence-corrected chi connectivity index (χ1v) is 7.05. The first-order valence-electron chi connectivity index (χ1n) is 6.25. The van der Waals surface area contributed by atoms with Crippen LogP contribution in [-0.2, 0) is 11.2 Å². The lowest BCUT2D eigenvalue weighted by Gasteiger charge is -2.08. The van der Waals surface area contributed by atoms with E-state index < -0.39 is 4.92 Å². The summed E-state index contributed by atoms with van der Waals surface area (Å²) in [6, 6.07) is 11.8. The molecule has 0 spiro atoms. The highest BCUT2D eigenvalue weighted by atomic mass is 79.9. The summed E-state index contributed by atoms with van der Waals surface area (Å²) in [7, 11) is 0. The molecule has 0 saturated carbocycles. The van der Waals surface area contributed by atoms with Gasteiger partial charge in [0.15, 0.2) is 0 Å². The van der Waals surface area contributed by atoms with Crippen LogP contribution in [0, 0.1) is 17.0 Å². The standard InChI is InChI=1S/C15H13BrN2O3/c1-10-6-7-12(16)13(8-10)17-15(19)9-11-4-2-3-5-14(11)18(20)21/h2-8H,9H2,1H3,(H,17,19). The summed E-state index contributed by atoms with van der Waals surface area (Å²) in [4.78, 5) is 22.5. The average Bonchev–Trinajstić information content (AvgIpc) is 2.43. The average molecular weight is 349 g/mol. The number of anilines is 1. The van der Waals surface area contributed by atoms with E-state index in [4.69, 9.17) is 0 Å². The minimum absolute atomic E-state index is 0.0441. The van der Waals surface area contributed by atoms with Crippen LogP contribution in [0.15, 0.2) is 46.9 Å². The van der Waals surface area contributed by atoms with E-state index in [9.17, 15) is 14.9 Å². The van der Waals surface area contributed by atoms with Gasteiger partial charge in [0.1, 0.15) is 0 Å². The lowest BCUT2D eigenvalue weighted by atomic mass is 10.1. The molecule has 2 aromatic carbocycles. The smallest absolute Gasteiger partial charge is 0.273 e. The number of rotatable bonds is 4. The monoisotopic (exact) mass is 348 g/mol. The molecule has 6 heteroatoms. The van der Waals surface area contributed by atoms with Crippen LogP contribution in [0.3, 0.4) is 0 Å². The third-order valence-electron chi connectivity index (χ3n) is 2.94. The third kappa shape index (κ3) is 3.88. The predicted octanol–water partition coefficient (Wildman–Crippen LogP) is 3.85. The van der Waals surface area contributed by atoms with Gasteiger partial charge >= 0.3 is 0 Å². The first kappa shape index (κ1) is 15.2. The molecular formula is C15H13BrN2O3. The lowest BCUT2D eigenvalue weighted by Crippen LogP contribution is -2.15. The van der Waals surface area contributed by atoms with Crippen molar-refractivity contribution in [1.82, 2.24) is 0 Å². The number of nitrogens with one attached hydrogen (secondary N) is 1. The Morgan fingerprint density at radius 1 is 1.29 bits per heavy atom. The molecule has 0 unspecified atom stereocenters. The molecular weight excluding hydrogens is 336 g/mol. The first-order chi connectivity index (χ1) is 9.97. The lowest BCUT2D eigenvalue weighted by molar-refractivity contribution is -0.385. The van der Waals surface area contributed by atoms with Crippen molar-refractivity contribution in [2.24, 2.45) is 0 Å². The normalized spacial score (nSPS) is 10.2. The van der Waals surface area contributed by atoms with Gasteiger partial charge in [-0.25, -0.2) is 0 Å². The van der Waals surface area contributed by atoms with Crippen LogP contribution in [0.4, 0.5) is 11.4 Å². The zero-order valence-electron chi connectivity index (χ0n) is 11.3. The number of carbonyl (C=O) groups is 1. The van der Waals surface area contributed by atoms with Gasteiger partial charge in [0.05, 0.1) is 17.0 Å². The predicted molar refractivity (Wildman–Crippen MR) is 84.3 cm³/mol. The summed E-state index contributed by atoms with van der Waals surface area (Å²) in [5, 5.41) is 13.7. The van der Waals surface area contributed by atoms with Crippen LogP contribution in [0.2, 0.25) is 0 Å². The van der Waals surface area contributed by atoms with Gasteiger partial charge in [-0.2, -0.15) is 0 Å². The highest BCUT2D eigenvalue weighted by Crippen LogP contribution is 2.24. The zero-order chi connectivity index (χ0) is 15.4. The Labute approximate surface area is 130 Å². The van der Waals surface area contributed by atoms with Crippen LogP contribution >= 0.6 is 15.9 Å². The Hall–Kier alpha value is -2.21. The molecule has 21 heavy (non-hydrogen) atoms. The molecule has 0 bridgehead atoms. The molecule has 0 aromatic heterocycles. The molecule has 108 valence electrons. The molecule has 0 aliphatic heterocycles. The molecule has 0 atom stereocenters. The molecule has 2 aromatic rings. The number of nitro groups is 1. The number of nitrogens with zero attached hydrogens (tertiary/aromatic N) is 1. The Bertz CT molecular complexity index is 701. The van der Waals surface area contributed by atoms with E-state index in [-0.39, 0.29) is 18.0 Å². The molecule has 0 aliphatic carbocycles. The second-order valence-corrected chi connectivity index (χ2v) is 5.45. The van der Waals surface area contributed by atoms with Crippen LogP contribution in [0.25, 0.3) is 0 Å². The van der Waals surface area contributed by atoms with E-state index in [0.29, 0.717) is 11.3 Å². The van der Waals surface area contributed by atoms with Crippen LogP contribution in [0.5, 0.6) is 0 Å². The maximum absolute atomic E-state index is 12.1. The molecule has 1 N–H and O–H groups in total. The zero-order valence-corrected chi connectivity index (χ0v) is 12.9. The molecule has 0 saturated heterocycles. The molecule has 5 nitrogen and oxygen atoms in total. The summed E-state index contributed by atoms with van der Waals surface area (Å²) in [6.07, 6.45) is -0.0441. The van der Waals surface area contributed by atoms with E-state index in [2.05, 4.69) is 21.2 Å². The van der Waals surface area contributed by atoms with Gasteiger partial charge in [0.25, 0.3) is 5.69 Å². The second-order valence-electron chi connectivity index (χ2n) is 4.59. The number of hydrogen-bond donors (Lipinski definition) is 1. The number of para-hydroxylation sites is 1. The van der Waals surface area contributed by atoms with Crippen molar-refractivity contribution < 1.29 is 9.72 Å². The summed E-state index contributed by atoms with van der Waals surface area (Å²) in [5.74, 6) is -0.296. The highest BCUT2D eigenvalue weighted by molar-refractivity contribution is 9.10. The summed E-state index contributed by atoms with van der Waals surface area (Å²) in [6.45, 7) is 1.92. The molecule has 0 radical (unpaired) electrons. The van der Waals surface area contributed by atoms with Crippen LogP contribution in [-0.4, -0.2) is 10.8 Å². The summed E-state index contributed by atoms with van der Waals surface area (Å²) >= 11 is 3.36.